The molecule has 0 saturated heterocycles. The molecule has 0 heterocycles. The van der Waals surface area contributed by atoms with Gasteiger partial charge in [0.1, 0.15) is 0 Å². The molecule has 0 aliphatic heterocycles. The van der Waals surface area contributed by atoms with Crippen LogP contribution in [0.4, 0.5) is 5.69 Å². The van der Waals surface area contributed by atoms with E-state index in [-0.39, 0.29) is 11.2 Å². The first kappa shape index (κ1) is 26.4. The predicted octanol–water partition coefficient (Wildman–Crippen LogP) is 5.25. The van der Waals surface area contributed by atoms with Crippen LogP contribution >= 0.6 is 0 Å². The molecule has 0 fully saturated rings. The van der Waals surface area contributed by atoms with E-state index >= 15 is 0 Å². The third-order valence-corrected chi connectivity index (χ3v) is 7.13. The highest BCUT2D eigenvalue weighted by atomic mass is 32.2. The monoisotopic (exact) mass is 468 g/mol. The maximum absolute atomic E-state index is 12.8. The Morgan fingerprint density at radius 1 is 1.06 bits per heavy atom. The van der Waals surface area contributed by atoms with E-state index in [9.17, 15) is 13.7 Å². The summed E-state index contributed by atoms with van der Waals surface area (Å²) in [5.74, 6) is 6.18. The number of hydrogen-bond donors (Lipinski definition) is 1. The molecule has 6 nitrogen and oxygen atoms in total. The second-order valence-electron chi connectivity index (χ2n) is 7.95. The number of nitrogens with one attached hydrogen (secondary N) is 1. The van der Waals surface area contributed by atoms with Gasteiger partial charge in [-0.05, 0) is 56.9 Å². The third-order valence-electron chi connectivity index (χ3n) is 5.75. The number of methoxy groups -OCH3 is 2. The second kappa shape index (κ2) is 12.4. The summed E-state index contributed by atoms with van der Waals surface area (Å²) in [5, 5.41) is 9.79. The molecule has 0 saturated carbocycles. The van der Waals surface area contributed by atoms with E-state index in [1.54, 1.807) is 56.7 Å². The van der Waals surface area contributed by atoms with Crippen molar-refractivity contribution >= 4 is 15.7 Å². The van der Waals surface area contributed by atoms with Crippen molar-refractivity contribution in [3.63, 3.8) is 0 Å². The fraction of sp³-hybridized carbons (Fsp3) is 0.423. The zero-order chi connectivity index (χ0) is 24.3. The van der Waals surface area contributed by atoms with Crippen LogP contribution in [0.3, 0.4) is 0 Å². The second-order valence-corrected chi connectivity index (χ2v) is 9.63. The Balaban J connectivity index is 2.11. The molecular formula is C26H32N2O4S. The number of sulfonamides is 1. The van der Waals surface area contributed by atoms with Crippen molar-refractivity contribution in [2.24, 2.45) is 5.41 Å². The summed E-state index contributed by atoms with van der Waals surface area (Å²) in [4.78, 5) is 0.197. The minimum Gasteiger partial charge on any atom is -0.356 e. The molecule has 0 aromatic heterocycles. The maximum atomic E-state index is 12.8. The molecule has 0 amide bonds. The molecule has 0 aliphatic rings. The highest BCUT2D eigenvalue weighted by Gasteiger charge is 2.28. The number of hydrogen-bond acceptors (Lipinski definition) is 5. The van der Waals surface area contributed by atoms with Crippen molar-refractivity contribution < 1.29 is 17.9 Å². The Morgan fingerprint density at radius 3 is 2.33 bits per heavy atom. The van der Waals surface area contributed by atoms with Gasteiger partial charge in [-0.2, -0.15) is 5.26 Å². The molecule has 1 unspecified atom stereocenters. The summed E-state index contributed by atoms with van der Waals surface area (Å²) in [6.45, 7) is 3.90. The third kappa shape index (κ3) is 7.61. The lowest BCUT2D eigenvalue weighted by Gasteiger charge is -2.26. The summed E-state index contributed by atoms with van der Waals surface area (Å²) in [7, 11) is -0.545. The smallest absolute Gasteiger partial charge is 0.261 e. The highest BCUT2D eigenvalue weighted by molar-refractivity contribution is 7.92. The fourth-order valence-corrected chi connectivity index (χ4v) is 4.54. The van der Waals surface area contributed by atoms with E-state index in [2.05, 4.69) is 22.6 Å². The van der Waals surface area contributed by atoms with Gasteiger partial charge in [0.2, 0.25) is 0 Å². The Labute approximate surface area is 198 Å². The predicted molar refractivity (Wildman–Crippen MR) is 130 cm³/mol. The molecule has 2 aromatic rings. The van der Waals surface area contributed by atoms with E-state index in [0.29, 0.717) is 43.4 Å². The number of rotatable bonds is 11. The molecule has 0 bridgehead atoms. The van der Waals surface area contributed by atoms with Gasteiger partial charge in [0, 0.05) is 26.2 Å². The normalized spacial score (nSPS) is 13.0. The van der Waals surface area contributed by atoms with Gasteiger partial charge < -0.3 is 9.47 Å². The number of anilines is 1. The van der Waals surface area contributed by atoms with Gasteiger partial charge in [0.15, 0.2) is 6.29 Å². The van der Waals surface area contributed by atoms with E-state index in [4.69, 9.17) is 9.47 Å². The molecule has 1 N–H and O–H groups in total. The zero-order valence-electron chi connectivity index (χ0n) is 19.7. The minimum atomic E-state index is -3.72. The van der Waals surface area contributed by atoms with Crippen LogP contribution in [0.5, 0.6) is 0 Å². The summed E-state index contributed by atoms with van der Waals surface area (Å²) < 4.78 is 38.7. The number of ether oxygens (including phenoxy) is 2. The first-order chi connectivity index (χ1) is 15.8. The van der Waals surface area contributed by atoms with Crippen molar-refractivity contribution in [3.05, 3.63) is 59.7 Å². The molecular weight excluding hydrogens is 436 g/mol. The van der Waals surface area contributed by atoms with Crippen molar-refractivity contribution in [3.8, 4) is 17.9 Å². The SMILES string of the molecule is CCC(C#N)(CCC#Cc1ccccc1NS(=O)(=O)c1ccc(C)cc1)CCC(OC)OC. The van der Waals surface area contributed by atoms with Crippen LogP contribution in [-0.4, -0.2) is 28.9 Å². The average molecular weight is 469 g/mol. The van der Waals surface area contributed by atoms with Crippen LogP contribution in [0, 0.1) is 35.5 Å². The number of nitriles is 1. The van der Waals surface area contributed by atoms with E-state index < -0.39 is 15.4 Å². The van der Waals surface area contributed by atoms with Gasteiger partial charge in [0.25, 0.3) is 10.0 Å². The van der Waals surface area contributed by atoms with Crippen molar-refractivity contribution in [2.75, 3.05) is 18.9 Å². The number of nitrogens with zero attached hydrogens (tertiary/aromatic N) is 1. The molecule has 0 radical (unpaired) electrons. The van der Waals surface area contributed by atoms with E-state index in [1.807, 2.05) is 19.9 Å². The van der Waals surface area contributed by atoms with Crippen molar-refractivity contribution in [1.82, 2.24) is 0 Å². The van der Waals surface area contributed by atoms with Gasteiger partial charge in [-0.15, -0.1) is 0 Å². The van der Waals surface area contributed by atoms with Crippen LogP contribution in [0.15, 0.2) is 53.4 Å². The Bertz CT molecular complexity index is 1110. The molecule has 176 valence electrons. The summed E-state index contributed by atoms with van der Waals surface area (Å²) in [6.07, 6.45) is 2.80. The molecule has 7 heteroatoms. The molecule has 2 aromatic carbocycles. The van der Waals surface area contributed by atoms with Gasteiger partial charge in [0.05, 0.1) is 22.1 Å². The molecule has 0 aliphatic carbocycles. The standard InChI is InChI=1S/C26H32N2O4S/c1-5-26(20-27,19-17-25(31-3)32-4)18-9-8-11-22-10-6-7-12-24(22)28-33(29,30)23-15-13-21(2)14-16-23/h6-7,10,12-16,25,28H,5,9,17-19H2,1-4H3. The number of aryl methyl sites for hydroxylation is 1. The van der Waals surface area contributed by atoms with E-state index in [0.717, 1.165) is 5.56 Å². The number of benzene rings is 2. The zero-order valence-corrected chi connectivity index (χ0v) is 20.5. The molecule has 1 atom stereocenters. The summed E-state index contributed by atoms with van der Waals surface area (Å²) >= 11 is 0. The van der Waals surface area contributed by atoms with Crippen LogP contribution in [-0.2, 0) is 19.5 Å². The Hall–Kier alpha value is -2.84. The number of para-hydroxylation sites is 1. The minimum absolute atomic E-state index is 0.197. The lowest BCUT2D eigenvalue weighted by atomic mass is 9.78. The van der Waals surface area contributed by atoms with Gasteiger partial charge in [-0.25, -0.2) is 8.42 Å². The average Bonchev–Trinajstić information content (AvgIpc) is 2.82. The molecule has 2 rings (SSSR count). The van der Waals surface area contributed by atoms with Gasteiger partial charge in [-0.1, -0.05) is 48.6 Å². The van der Waals surface area contributed by atoms with Crippen LogP contribution < -0.4 is 4.72 Å². The highest BCUT2D eigenvalue weighted by Crippen LogP contribution is 2.33. The maximum Gasteiger partial charge on any atom is 0.261 e. The summed E-state index contributed by atoms with van der Waals surface area (Å²) in [5.41, 5.74) is 1.50. The lowest BCUT2D eigenvalue weighted by Crippen LogP contribution is -2.22. The van der Waals surface area contributed by atoms with Crippen molar-refractivity contribution in [1.29, 1.82) is 5.26 Å². The largest absolute Gasteiger partial charge is 0.356 e. The lowest BCUT2D eigenvalue weighted by molar-refractivity contribution is -0.110. The topological polar surface area (TPSA) is 88.4 Å². The first-order valence-electron chi connectivity index (χ1n) is 10.9. The van der Waals surface area contributed by atoms with Crippen molar-refractivity contribution in [2.45, 2.75) is 57.1 Å². The first-order valence-corrected chi connectivity index (χ1v) is 12.4. The summed E-state index contributed by atoms with van der Waals surface area (Å²) in [6, 6.07) is 16.2. The van der Waals surface area contributed by atoms with Crippen LogP contribution in [0.2, 0.25) is 0 Å². The van der Waals surface area contributed by atoms with Crippen LogP contribution in [0.1, 0.15) is 50.2 Å². The van der Waals surface area contributed by atoms with Gasteiger partial charge in [-0.3, -0.25) is 4.72 Å². The molecule has 0 spiro atoms. The Kier molecular flexibility index (Phi) is 9.94. The molecule has 33 heavy (non-hydrogen) atoms. The van der Waals surface area contributed by atoms with E-state index in [1.165, 1.54) is 0 Å². The quantitative estimate of drug-likeness (QED) is 0.360. The van der Waals surface area contributed by atoms with Crippen LogP contribution in [0.25, 0.3) is 0 Å². The van der Waals surface area contributed by atoms with Gasteiger partial charge >= 0.3 is 0 Å². The fourth-order valence-electron chi connectivity index (χ4n) is 3.46. The Morgan fingerprint density at radius 2 is 1.73 bits per heavy atom.